The molecule has 8 atom stereocenters. The Hall–Kier alpha value is -0.680. The Morgan fingerprint density at radius 3 is 0.717 bits per heavy atom. The standard InChI is InChI=1S/C19H36O2.C19H38O.C19H36O.C19H40.C19H38/c1-5-11-15-17(20-15)14-18-16(21-18)12-9-7-6-8-10-13-19(2,3)4;2*1-5-6-7-11-14-17-18(20-17)15-12-9-8-10-13-16-19(2,3)4;2*1-5-6-7-8-9-10-11-12-13-14-15-16-17-18-19(2,3)4/h15-18H,5-14H2,1-4H3;17-18H,5-16H2,1-4H3;7,11,17-18H,5-6,8-10,12-16H2,1-4H3;5-18H2,1-4H3;10-11H,5-9,12-18H2,1-4H3/b;;11-7-;;11-10-. The summed E-state index contributed by atoms with van der Waals surface area (Å²) in [5.41, 5.74) is 2.61. The Morgan fingerprint density at radius 1 is 0.192 bits per heavy atom. The summed E-state index contributed by atoms with van der Waals surface area (Å²) in [4.78, 5) is 0. The van der Waals surface area contributed by atoms with E-state index in [2.05, 4.69) is 163 Å². The molecule has 0 bridgehead atoms. The van der Waals surface area contributed by atoms with Crippen molar-refractivity contribution in [2.75, 3.05) is 0 Å². The lowest BCUT2D eigenvalue weighted by molar-refractivity contribution is 0.318. The number of epoxide rings is 4. The maximum atomic E-state index is 5.79. The Labute approximate surface area is 626 Å². The Balaban J connectivity index is 0.00000121. The van der Waals surface area contributed by atoms with Crippen LogP contribution in [-0.2, 0) is 18.9 Å². The molecule has 0 aromatic heterocycles. The summed E-state index contributed by atoms with van der Waals surface area (Å²) in [5.74, 6) is 0. The van der Waals surface area contributed by atoms with Crippen LogP contribution in [0.5, 0.6) is 0 Å². The first kappa shape index (κ1) is 98.3. The van der Waals surface area contributed by atoms with Gasteiger partial charge in [0.15, 0.2) is 0 Å². The van der Waals surface area contributed by atoms with E-state index in [0.29, 0.717) is 75.9 Å². The average molecular weight is 1390 g/mol. The minimum absolute atomic E-state index is 0.510. The maximum Gasteiger partial charge on any atom is 0.0876 e. The maximum absolute atomic E-state index is 5.79. The van der Waals surface area contributed by atoms with E-state index in [-0.39, 0.29) is 0 Å². The molecule has 8 unspecified atom stereocenters. The second kappa shape index (κ2) is 63.4. The van der Waals surface area contributed by atoms with Crippen LogP contribution in [0.2, 0.25) is 0 Å². The van der Waals surface area contributed by atoms with E-state index in [1.807, 2.05) is 0 Å². The Bertz CT molecular complexity index is 1730. The number of hydrogen-bond acceptors (Lipinski definition) is 4. The van der Waals surface area contributed by atoms with E-state index in [9.17, 15) is 0 Å². The molecular weight excluding hydrogens is 1210 g/mol. The number of ether oxygens (including phenoxy) is 4. The molecule has 592 valence electrons. The first-order valence-corrected chi connectivity index (χ1v) is 45.1. The second-order valence-corrected chi connectivity index (χ2v) is 38.6. The number of hydrogen-bond donors (Lipinski definition) is 0. The van der Waals surface area contributed by atoms with Crippen LogP contribution in [0, 0.1) is 27.1 Å². The van der Waals surface area contributed by atoms with Crippen LogP contribution >= 0.6 is 0 Å². The van der Waals surface area contributed by atoms with Crippen molar-refractivity contribution >= 4 is 0 Å². The van der Waals surface area contributed by atoms with Gasteiger partial charge >= 0.3 is 0 Å². The Kier molecular flexibility index (Phi) is 63.0. The summed E-state index contributed by atoms with van der Waals surface area (Å²) in [6.45, 7) is 46.5. The lowest BCUT2D eigenvalue weighted by Crippen LogP contribution is -2.04. The van der Waals surface area contributed by atoms with Crippen LogP contribution in [0.25, 0.3) is 0 Å². The summed E-state index contributed by atoms with van der Waals surface area (Å²) in [7, 11) is 0. The van der Waals surface area contributed by atoms with Gasteiger partial charge in [-0.05, 0) is 130 Å². The van der Waals surface area contributed by atoms with Gasteiger partial charge < -0.3 is 18.9 Å². The zero-order valence-corrected chi connectivity index (χ0v) is 72.1. The first-order chi connectivity index (χ1) is 47.2. The van der Waals surface area contributed by atoms with Crippen molar-refractivity contribution in [3.63, 3.8) is 0 Å². The molecule has 0 amide bonds. The molecule has 4 rings (SSSR count). The zero-order chi connectivity index (χ0) is 73.8. The third-order valence-corrected chi connectivity index (χ3v) is 21.1. The molecular formula is C95H188O4. The van der Waals surface area contributed by atoms with Gasteiger partial charge in [-0.3, -0.25) is 0 Å². The van der Waals surface area contributed by atoms with Gasteiger partial charge in [-0.1, -0.05) is 426 Å². The van der Waals surface area contributed by atoms with Crippen molar-refractivity contribution in [2.45, 2.75) is 560 Å². The monoisotopic (exact) mass is 1390 g/mol. The highest BCUT2D eigenvalue weighted by atomic mass is 16.6. The predicted octanol–water partition coefficient (Wildman–Crippen LogP) is 33.1. The molecule has 0 saturated carbocycles. The predicted molar refractivity (Wildman–Crippen MR) is 446 cm³/mol. The normalized spacial score (nSPS) is 20.4. The van der Waals surface area contributed by atoms with Crippen molar-refractivity contribution in [3.8, 4) is 0 Å². The van der Waals surface area contributed by atoms with Gasteiger partial charge in [-0.2, -0.15) is 0 Å². The third-order valence-electron chi connectivity index (χ3n) is 21.1. The molecule has 0 N–H and O–H groups in total. The quantitative estimate of drug-likeness (QED) is 0.0346. The summed E-state index contributed by atoms with van der Waals surface area (Å²) >= 11 is 0. The van der Waals surface area contributed by atoms with Crippen LogP contribution in [0.1, 0.15) is 511 Å². The van der Waals surface area contributed by atoms with Gasteiger partial charge in [0.25, 0.3) is 0 Å². The highest BCUT2D eigenvalue weighted by Gasteiger charge is 2.47. The molecule has 4 nitrogen and oxygen atoms in total. The Morgan fingerprint density at radius 2 is 0.414 bits per heavy atom. The average Bonchev–Trinajstić information content (AvgIpc) is 1.66. The van der Waals surface area contributed by atoms with Crippen LogP contribution < -0.4 is 0 Å². The summed E-state index contributed by atoms with van der Waals surface area (Å²) in [6, 6.07) is 0. The van der Waals surface area contributed by atoms with Gasteiger partial charge in [0.1, 0.15) is 0 Å². The molecule has 4 heteroatoms. The van der Waals surface area contributed by atoms with Crippen LogP contribution in [0.3, 0.4) is 0 Å². The molecule has 4 aliphatic heterocycles. The largest absolute Gasteiger partial charge is 0.370 e. The van der Waals surface area contributed by atoms with Crippen LogP contribution in [-0.4, -0.2) is 48.8 Å². The third kappa shape index (κ3) is 76.8. The zero-order valence-electron chi connectivity index (χ0n) is 72.1. The number of rotatable bonds is 59. The first-order valence-electron chi connectivity index (χ1n) is 45.1. The van der Waals surface area contributed by atoms with Crippen LogP contribution in [0.15, 0.2) is 24.3 Å². The summed E-state index contributed by atoms with van der Waals surface area (Å²) < 4.78 is 22.9. The minimum Gasteiger partial charge on any atom is -0.370 e. The van der Waals surface area contributed by atoms with Crippen molar-refractivity contribution in [1.29, 1.82) is 0 Å². The van der Waals surface area contributed by atoms with Gasteiger partial charge in [-0.25, -0.2) is 0 Å². The molecule has 0 aromatic rings. The van der Waals surface area contributed by atoms with Crippen LogP contribution in [0.4, 0.5) is 0 Å². The molecule has 0 aromatic carbocycles. The SMILES string of the molecule is CCC/C=C\CC1OC1CCCCCCCC(C)(C)C.CCCC1OC1CC1OC1CCCCCCCC(C)(C)C.CCCCCC/C=C\CCCCCCCC(C)(C)C.CCCCCCC1OC1CCCCCCCC(C)(C)C.CCCCCCCCCCCCCCCC(C)(C)C. The van der Waals surface area contributed by atoms with Gasteiger partial charge in [0.2, 0.25) is 0 Å². The van der Waals surface area contributed by atoms with Gasteiger partial charge in [0.05, 0.1) is 48.8 Å². The molecule has 4 aliphatic rings. The summed E-state index contributed by atoms with van der Waals surface area (Å²) in [6.07, 6.45) is 93.9. The minimum atomic E-state index is 0.510. The molecule has 4 heterocycles. The van der Waals surface area contributed by atoms with Crippen molar-refractivity contribution in [2.24, 2.45) is 27.1 Å². The second-order valence-electron chi connectivity index (χ2n) is 38.6. The lowest BCUT2D eigenvalue weighted by Gasteiger charge is -2.17. The van der Waals surface area contributed by atoms with E-state index in [1.54, 1.807) is 0 Å². The van der Waals surface area contributed by atoms with E-state index < -0.39 is 0 Å². The summed E-state index contributed by atoms with van der Waals surface area (Å²) in [5, 5.41) is 0. The lowest BCUT2D eigenvalue weighted by atomic mass is 9.89. The number of unbranched alkanes of at least 4 members (excludes halogenated alkanes) is 37. The van der Waals surface area contributed by atoms with Gasteiger partial charge in [0, 0.05) is 6.42 Å². The van der Waals surface area contributed by atoms with Crippen molar-refractivity contribution < 1.29 is 18.9 Å². The fourth-order valence-electron chi connectivity index (χ4n) is 14.0. The van der Waals surface area contributed by atoms with E-state index in [1.165, 1.54) is 360 Å². The van der Waals surface area contributed by atoms with Gasteiger partial charge in [-0.15, -0.1) is 0 Å². The molecule has 4 saturated heterocycles. The fraction of sp³-hybridized carbons (Fsp3) is 0.958. The molecule has 99 heavy (non-hydrogen) atoms. The fourth-order valence-corrected chi connectivity index (χ4v) is 14.0. The van der Waals surface area contributed by atoms with E-state index in [4.69, 9.17) is 18.9 Å². The number of allylic oxidation sites excluding steroid dienone is 3. The molecule has 4 fully saturated rings. The van der Waals surface area contributed by atoms with Crippen molar-refractivity contribution in [3.05, 3.63) is 24.3 Å². The van der Waals surface area contributed by atoms with Crippen molar-refractivity contribution in [1.82, 2.24) is 0 Å². The molecule has 0 aliphatic carbocycles. The van der Waals surface area contributed by atoms with E-state index in [0.717, 1.165) is 12.8 Å². The van der Waals surface area contributed by atoms with E-state index >= 15 is 0 Å². The topological polar surface area (TPSA) is 50.1 Å². The highest BCUT2D eigenvalue weighted by Crippen LogP contribution is 2.39. The highest BCUT2D eigenvalue weighted by molar-refractivity contribution is 4.95. The smallest absolute Gasteiger partial charge is 0.0876 e. The molecule has 0 spiro atoms. The molecule has 0 radical (unpaired) electrons.